The average Bonchev–Trinajstić information content (AvgIpc) is 3.18. The highest BCUT2D eigenvalue weighted by Crippen LogP contribution is 2.21. The van der Waals surface area contributed by atoms with Gasteiger partial charge in [0.05, 0.1) is 16.4 Å². The normalized spacial score (nSPS) is 15.5. The molecule has 2 amide bonds. The minimum absolute atomic E-state index is 0.0329. The minimum atomic E-state index is -0.0329. The fourth-order valence-electron chi connectivity index (χ4n) is 3.43. The van der Waals surface area contributed by atoms with Crippen molar-refractivity contribution in [2.24, 2.45) is 7.05 Å². The van der Waals surface area contributed by atoms with Gasteiger partial charge in [-0.1, -0.05) is 13.8 Å². The second-order valence-corrected chi connectivity index (χ2v) is 7.72. The van der Waals surface area contributed by atoms with E-state index < -0.39 is 0 Å². The van der Waals surface area contributed by atoms with Crippen LogP contribution in [0.25, 0.3) is 0 Å². The molecule has 2 aromatic heterocycles. The number of carbonyl (C=O) groups is 1. The molecule has 1 aliphatic heterocycles. The molecule has 26 heavy (non-hydrogen) atoms. The Morgan fingerprint density at radius 3 is 2.54 bits per heavy atom. The van der Waals surface area contributed by atoms with Gasteiger partial charge in [0.1, 0.15) is 5.82 Å². The summed E-state index contributed by atoms with van der Waals surface area (Å²) in [4.78, 5) is 21.5. The summed E-state index contributed by atoms with van der Waals surface area (Å²) in [6, 6.07) is -0.0329. The van der Waals surface area contributed by atoms with Crippen LogP contribution in [0.5, 0.6) is 0 Å². The fourth-order valence-corrected chi connectivity index (χ4v) is 4.04. The van der Waals surface area contributed by atoms with Gasteiger partial charge in [-0.15, -0.1) is 11.3 Å². The smallest absolute Gasteiger partial charge is 0.322 e. The lowest BCUT2D eigenvalue weighted by atomic mass is 10.1. The third-order valence-electron chi connectivity index (χ3n) is 4.85. The summed E-state index contributed by atoms with van der Waals surface area (Å²) in [7, 11) is 1.89. The van der Waals surface area contributed by atoms with E-state index in [4.69, 9.17) is 0 Å². The summed E-state index contributed by atoms with van der Waals surface area (Å²) >= 11 is 1.69. The second kappa shape index (κ2) is 8.18. The van der Waals surface area contributed by atoms with Gasteiger partial charge in [-0.25, -0.2) is 9.78 Å². The SMILES string of the molecule is CCc1nn(C)c(NC(=O)N2CCN(Cc3csc(C)n3)CC2)c1CC. The van der Waals surface area contributed by atoms with Gasteiger partial charge in [-0.3, -0.25) is 14.9 Å². The lowest BCUT2D eigenvalue weighted by Crippen LogP contribution is -2.49. The largest absolute Gasteiger partial charge is 0.323 e. The fraction of sp³-hybridized carbons (Fsp3) is 0.611. The molecule has 0 aromatic carbocycles. The van der Waals surface area contributed by atoms with Crippen molar-refractivity contribution >= 4 is 23.2 Å². The summed E-state index contributed by atoms with van der Waals surface area (Å²) in [5, 5.41) is 10.8. The molecule has 0 saturated carbocycles. The molecule has 0 spiro atoms. The first-order valence-corrected chi connectivity index (χ1v) is 10.1. The molecule has 1 fully saturated rings. The van der Waals surface area contributed by atoms with Gasteiger partial charge in [0.2, 0.25) is 0 Å². The molecule has 8 heteroatoms. The van der Waals surface area contributed by atoms with E-state index in [-0.39, 0.29) is 6.03 Å². The van der Waals surface area contributed by atoms with Gasteiger partial charge in [-0.2, -0.15) is 5.10 Å². The Morgan fingerprint density at radius 2 is 1.96 bits per heavy atom. The van der Waals surface area contributed by atoms with Gasteiger partial charge in [0.25, 0.3) is 0 Å². The summed E-state index contributed by atoms with van der Waals surface area (Å²) in [5.74, 6) is 0.828. The highest BCUT2D eigenvalue weighted by molar-refractivity contribution is 7.09. The maximum absolute atomic E-state index is 12.7. The number of amides is 2. The van der Waals surface area contributed by atoms with Crippen LogP contribution >= 0.6 is 11.3 Å². The molecule has 0 aliphatic carbocycles. The number of hydrogen-bond donors (Lipinski definition) is 1. The van der Waals surface area contributed by atoms with E-state index in [0.29, 0.717) is 0 Å². The van der Waals surface area contributed by atoms with E-state index in [1.165, 1.54) is 0 Å². The van der Waals surface area contributed by atoms with Crippen molar-refractivity contribution in [3.05, 3.63) is 27.3 Å². The molecule has 7 nitrogen and oxygen atoms in total. The van der Waals surface area contributed by atoms with Crippen molar-refractivity contribution in [3.8, 4) is 0 Å². The lowest BCUT2D eigenvalue weighted by molar-refractivity contribution is 0.142. The maximum atomic E-state index is 12.7. The first-order valence-electron chi connectivity index (χ1n) is 9.25. The third kappa shape index (κ3) is 4.07. The van der Waals surface area contributed by atoms with Crippen LogP contribution in [0.15, 0.2) is 5.38 Å². The van der Waals surface area contributed by atoms with E-state index >= 15 is 0 Å². The Morgan fingerprint density at radius 1 is 1.23 bits per heavy atom. The van der Waals surface area contributed by atoms with Crippen molar-refractivity contribution in [2.45, 2.75) is 40.2 Å². The predicted octanol–water partition coefficient (Wildman–Crippen LogP) is 2.66. The zero-order valence-electron chi connectivity index (χ0n) is 16.1. The van der Waals surface area contributed by atoms with Crippen LogP contribution in [-0.4, -0.2) is 56.8 Å². The summed E-state index contributed by atoms with van der Waals surface area (Å²) < 4.78 is 1.79. The number of aryl methyl sites for hydroxylation is 3. The Bertz CT molecular complexity index is 760. The van der Waals surface area contributed by atoms with Gasteiger partial charge >= 0.3 is 6.03 Å². The highest BCUT2D eigenvalue weighted by atomic mass is 32.1. The van der Waals surface area contributed by atoms with Crippen molar-refractivity contribution in [3.63, 3.8) is 0 Å². The number of thiazole rings is 1. The predicted molar refractivity (Wildman–Crippen MR) is 105 cm³/mol. The van der Waals surface area contributed by atoms with E-state index in [1.54, 1.807) is 16.0 Å². The second-order valence-electron chi connectivity index (χ2n) is 6.66. The van der Waals surface area contributed by atoms with Crippen molar-refractivity contribution in [1.29, 1.82) is 0 Å². The average molecular weight is 377 g/mol. The van der Waals surface area contributed by atoms with Crippen molar-refractivity contribution < 1.29 is 4.79 Å². The number of rotatable bonds is 5. The third-order valence-corrected chi connectivity index (χ3v) is 5.68. The number of urea groups is 1. The van der Waals surface area contributed by atoms with Crippen LogP contribution in [0.4, 0.5) is 10.6 Å². The summed E-state index contributed by atoms with van der Waals surface area (Å²) in [6.07, 6.45) is 1.75. The van der Waals surface area contributed by atoms with E-state index in [0.717, 1.165) is 73.3 Å². The summed E-state index contributed by atoms with van der Waals surface area (Å²) in [5.41, 5.74) is 3.33. The lowest BCUT2D eigenvalue weighted by Gasteiger charge is -2.34. The van der Waals surface area contributed by atoms with E-state index in [1.807, 2.05) is 18.9 Å². The molecule has 3 heterocycles. The molecule has 1 saturated heterocycles. The Kier molecular flexibility index (Phi) is 5.93. The Balaban J connectivity index is 1.56. The van der Waals surface area contributed by atoms with Crippen molar-refractivity contribution in [2.75, 3.05) is 31.5 Å². The molecule has 1 aliphatic rings. The zero-order valence-corrected chi connectivity index (χ0v) is 16.9. The van der Waals surface area contributed by atoms with Crippen LogP contribution in [0.2, 0.25) is 0 Å². The minimum Gasteiger partial charge on any atom is -0.322 e. The van der Waals surface area contributed by atoms with Gasteiger partial charge < -0.3 is 4.90 Å². The molecule has 1 N–H and O–H groups in total. The first kappa shape index (κ1) is 18.8. The monoisotopic (exact) mass is 376 g/mol. The number of nitrogens with zero attached hydrogens (tertiary/aromatic N) is 5. The Labute approximate surface area is 159 Å². The van der Waals surface area contributed by atoms with E-state index in [2.05, 4.69) is 39.5 Å². The topological polar surface area (TPSA) is 66.3 Å². The molecular formula is C18H28N6OS. The molecule has 142 valence electrons. The number of carbonyl (C=O) groups excluding carboxylic acids is 1. The van der Waals surface area contributed by atoms with Crippen LogP contribution in [0.1, 0.15) is 35.8 Å². The molecule has 3 rings (SSSR count). The molecule has 0 radical (unpaired) electrons. The zero-order chi connectivity index (χ0) is 18.7. The molecule has 2 aromatic rings. The number of piperazine rings is 1. The number of anilines is 1. The van der Waals surface area contributed by atoms with Gasteiger partial charge in [-0.05, 0) is 19.8 Å². The molecule has 0 unspecified atom stereocenters. The van der Waals surface area contributed by atoms with E-state index in [9.17, 15) is 4.79 Å². The van der Waals surface area contributed by atoms with Crippen LogP contribution in [0, 0.1) is 6.92 Å². The number of hydrogen-bond acceptors (Lipinski definition) is 5. The van der Waals surface area contributed by atoms with Crippen LogP contribution in [-0.2, 0) is 26.4 Å². The van der Waals surface area contributed by atoms with Gasteiger partial charge in [0, 0.05) is 50.7 Å². The Hall–Kier alpha value is -1.93. The van der Waals surface area contributed by atoms with Crippen LogP contribution < -0.4 is 5.32 Å². The summed E-state index contributed by atoms with van der Waals surface area (Å²) in [6.45, 7) is 10.3. The highest BCUT2D eigenvalue weighted by Gasteiger charge is 2.24. The van der Waals surface area contributed by atoms with Crippen molar-refractivity contribution in [1.82, 2.24) is 24.6 Å². The quantitative estimate of drug-likeness (QED) is 0.871. The van der Waals surface area contributed by atoms with Crippen LogP contribution in [0.3, 0.4) is 0 Å². The molecular weight excluding hydrogens is 348 g/mol. The number of aromatic nitrogens is 3. The molecule has 0 atom stereocenters. The van der Waals surface area contributed by atoms with Gasteiger partial charge in [0.15, 0.2) is 0 Å². The molecule has 0 bridgehead atoms. The first-order chi connectivity index (χ1) is 12.5. The standard InChI is InChI=1S/C18H28N6OS/c1-5-15-16(6-2)21-22(4)17(15)20-18(25)24-9-7-23(8-10-24)11-14-12-26-13(3)19-14/h12H,5-11H2,1-4H3,(H,20,25). The maximum Gasteiger partial charge on any atom is 0.323 e. The number of nitrogens with one attached hydrogen (secondary N) is 1.